The van der Waals surface area contributed by atoms with E-state index >= 15 is 0 Å². The number of pyridine rings is 1. The molecule has 2 fully saturated rings. The standard InChI is InChI=1S/C25H29N5O3/c31-24(20-5-1-6-20)30(15-19-4-2-10-26-14-19)21-7-3-12-29(16-21)25(32)23-9-8-22(33-23)17-28-13-11-27-18-28/h2,4,8-11,13-14,18,20-21H,1,3,5-7,12,15-17H2. The molecule has 1 saturated heterocycles. The van der Waals surface area contributed by atoms with Crippen molar-refractivity contribution < 1.29 is 14.0 Å². The van der Waals surface area contributed by atoms with Crippen molar-refractivity contribution in [2.75, 3.05) is 13.1 Å². The van der Waals surface area contributed by atoms with Crippen molar-refractivity contribution >= 4 is 11.8 Å². The van der Waals surface area contributed by atoms with Crippen LogP contribution >= 0.6 is 0 Å². The highest BCUT2D eigenvalue weighted by Crippen LogP contribution is 2.31. The van der Waals surface area contributed by atoms with E-state index < -0.39 is 0 Å². The summed E-state index contributed by atoms with van der Waals surface area (Å²) in [5.74, 6) is 1.26. The van der Waals surface area contributed by atoms with E-state index in [1.807, 2.05) is 45.0 Å². The summed E-state index contributed by atoms with van der Waals surface area (Å²) in [6.07, 6.45) is 13.6. The van der Waals surface area contributed by atoms with Gasteiger partial charge in [-0.05, 0) is 49.4 Å². The lowest BCUT2D eigenvalue weighted by atomic mass is 9.83. The first-order valence-corrected chi connectivity index (χ1v) is 11.7. The maximum absolute atomic E-state index is 13.3. The second-order valence-electron chi connectivity index (χ2n) is 9.00. The molecule has 2 aliphatic rings. The van der Waals surface area contributed by atoms with Gasteiger partial charge >= 0.3 is 0 Å². The number of furan rings is 1. The predicted octanol–water partition coefficient (Wildman–Crippen LogP) is 3.35. The van der Waals surface area contributed by atoms with Gasteiger partial charge in [0.25, 0.3) is 5.91 Å². The molecule has 1 saturated carbocycles. The minimum atomic E-state index is -0.117. The SMILES string of the molecule is O=C(c1ccc(Cn2ccnc2)o1)N1CCCC(N(Cc2cccnc2)C(=O)C2CCC2)C1. The van der Waals surface area contributed by atoms with Crippen LogP contribution in [0.4, 0.5) is 0 Å². The van der Waals surface area contributed by atoms with Crippen LogP contribution in [0.2, 0.25) is 0 Å². The maximum Gasteiger partial charge on any atom is 0.289 e. The van der Waals surface area contributed by atoms with E-state index in [9.17, 15) is 9.59 Å². The monoisotopic (exact) mass is 447 g/mol. The van der Waals surface area contributed by atoms with E-state index in [1.165, 1.54) is 0 Å². The molecule has 8 heteroatoms. The molecule has 0 N–H and O–H groups in total. The summed E-state index contributed by atoms with van der Waals surface area (Å²) in [5.41, 5.74) is 1.02. The Balaban J connectivity index is 1.29. The topological polar surface area (TPSA) is 84.5 Å². The number of hydrogen-bond donors (Lipinski definition) is 0. The van der Waals surface area contributed by atoms with Crippen LogP contribution in [0.15, 0.2) is 59.8 Å². The summed E-state index contributed by atoms with van der Waals surface area (Å²) >= 11 is 0. The number of rotatable bonds is 7. The van der Waals surface area contributed by atoms with Crippen LogP contribution in [0.25, 0.3) is 0 Å². The zero-order valence-corrected chi connectivity index (χ0v) is 18.7. The van der Waals surface area contributed by atoms with Gasteiger partial charge in [0.05, 0.1) is 12.9 Å². The molecule has 1 aliphatic carbocycles. The van der Waals surface area contributed by atoms with E-state index in [0.29, 0.717) is 37.7 Å². The molecule has 1 unspecified atom stereocenters. The van der Waals surface area contributed by atoms with E-state index in [0.717, 1.165) is 37.7 Å². The Labute approximate surface area is 193 Å². The third-order valence-corrected chi connectivity index (χ3v) is 6.71. The quantitative estimate of drug-likeness (QED) is 0.555. The lowest BCUT2D eigenvalue weighted by Crippen LogP contribution is -2.53. The Morgan fingerprint density at radius 2 is 2.00 bits per heavy atom. The van der Waals surface area contributed by atoms with Crippen LogP contribution in [0.3, 0.4) is 0 Å². The van der Waals surface area contributed by atoms with Crippen molar-refractivity contribution in [1.82, 2.24) is 24.3 Å². The third-order valence-electron chi connectivity index (χ3n) is 6.71. The van der Waals surface area contributed by atoms with Gasteiger partial charge in [-0.15, -0.1) is 0 Å². The number of carbonyl (C=O) groups excluding carboxylic acids is 2. The van der Waals surface area contributed by atoms with Gasteiger partial charge < -0.3 is 18.8 Å². The number of piperidine rings is 1. The molecule has 1 aliphatic heterocycles. The first-order valence-electron chi connectivity index (χ1n) is 11.7. The van der Waals surface area contributed by atoms with Crippen molar-refractivity contribution in [3.8, 4) is 0 Å². The number of hydrogen-bond acceptors (Lipinski definition) is 5. The summed E-state index contributed by atoms with van der Waals surface area (Å²) in [6.45, 7) is 2.26. The molecule has 8 nitrogen and oxygen atoms in total. The first-order chi connectivity index (χ1) is 16.2. The summed E-state index contributed by atoms with van der Waals surface area (Å²) in [5, 5.41) is 0. The molecule has 0 spiro atoms. The van der Waals surface area contributed by atoms with Gasteiger partial charge in [-0.1, -0.05) is 12.5 Å². The molecule has 4 heterocycles. The molecular formula is C25H29N5O3. The van der Waals surface area contributed by atoms with Crippen molar-refractivity contribution in [2.24, 2.45) is 5.92 Å². The Hall–Kier alpha value is -3.42. The Morgan fingerprint density at radius 1 is 1.09 bits per heavy atom. The molecule has 0 bridgehead atoms. The second kappa shape index (κ2) is 9.60. The van der Waals surface area contributed by atoms with Crippen molar-refractivity contribution in [1.29, 1.82) is 0 Å². The first kappa shape index (κ1) is 21.4. The van der Waals surface area contributed by atoms with Crippen molar-refractivity contribution in [3.63, 3.8) is 0 Å². The van der Waals surface area contributed by atoms with E-state index in [2.05, 4.69) is 9.97 Å². The fraction of sp³-hybridized carbons (Fsp3) is 0.440. The van der Waals surface area contributed by atoms with Gasteiger partial charge in [0.15, 0.2) is 5.76 Å². The summed E-state index contributed by atoms with van der Waals surface area (Å²) < 4.78 is 7.74. The maximum atomic E-state index is 13.3. The van der Waals surface area contributed by atoms with Crippen LogP contribution in [-0.2, 0) is 17.9 Å². The van der Waals surface area contributed by atoms with Gasteiger partial charge in [-0.25, -0.2) is 4.98 Å². The van der Waals surface area contributed by atoms with Crippen LogP contribution in [0.5, 0.6) is 0 Å². The molecule has 1 atom stereocenters. The van der Waals surface area contributed by atoms with Crippen LogP contribution in [0.1, 0.15) is 54.0 Å². The van der Waals surface area contributed by atoms with Gasteiger partial charge in [0.2, 0.25) is 5.91 Å². The number of likely N-dealkylation sites (tertiary alicyclic amines) is 1. The highest BCUT2D eigenvalue weighted by atomic mass is 16.4. The number of carbonyl (C=O) groups is 2. The largest absolute Gasteiger partial charge is 0.454 e. The number of amides is 2. The van der Waals surface area contributed by atoms with Gasteiger partial charge in [-0.2, -0.15) is 0 Å². The molecule has 5 rings (SSSR count). The molecule has 33 heavy (non-hydrogen) atoms. The minimum absolute atomic E-state index is 0.00334. The summed E-state index contributed by atoms with van der Waals surface area (Å²) in [6, 6.07) is 7.48. The lowest BCUT2D eigenvalue weighted by molar-refractivity contribution is -0.142. The predicted molar refractivity (Wildman–Crippen MR) is 121 cm³/mol. The van der Waals surface area contributed by atoms with Gasteiger partial charge in [-0.3, -0.25) is 14.6 Å². The normalized spacial score (nSPS) is 18.7. The zero-order chi connectivity index (χ0) is 22.6. The van der Waals surface area contributed by atoms with E-state index in [4.69, 9.17) is 4.42 Å². The van der Waals surface area contributed by atoms with Crippen molar-refractivity contribution in [3.05, 3.63) is 72.5 Å². The number of nitrogens with zero attached hydrogens (tertiary/aromatic N) is 5. The summed E-state index contributed by atoms with van der Waals surface area (Å²) in [7, 11) is 0. The Morgan fingerprint density at radius 3 is 2.73 bits per heavy atom. The molecule has 3 aromatic heterocycles. The molecule has 0 aromatic carbocycles. The second-order valence-corrected chi connectivity index (χ2v) is 9.00. The van der Waals surface area contributed by atoms with Gasteiger partial charge in [0.1, 0.15) is 5.76 Å². The van der Waals surface area contributed by atoms with E-state index in [-0.39, 0.29) is 23.8 Å². The molecule has 0 radical (unpaired) electrons. The van der Waals surface area contributed by atoms with Gasteiger partial charge in [0, 0.05) is 56.4 Å². The smallest absolute Gasteiger partial charge is 0.289 e. The molecule has 172 valence electrons. The Bertz CT molecular complexity index is 1070. The lowest BCUT2D eigenvalue weighted by Gasteiger charge is -2.41. The number of imidazole rings is 1. The average Bonchev–Trinajstić information content (AvgIpc) is 3.49. The van der Waals surface area contributed by atoms with Crippen LogP contribution in [-0.4, -0.2) is 55.3 Å². The molecule has 3 aromatic rings. The fourth-order valence-electron chi connectivity index (χ4n) is 4.65. The average molecular weight is 448 g/mol. The third kappa shape index (κ3) is 4.84. The van der Waals surface area contributed by atoms with Crippen LogP contribution < -0.4 is 0 Å². The number of aromatic nitrogens is 3. The molecule has 2 amide bonds. The minimum Gasteiger partial charge on any atom is -0.454 e. The van der Waals surface area contributed by atoms with Crippen molar-refractivity contribution in [2.45, 2.75) is 51.2 Å². The zero-order valence-electron chi connectivity index (χ0n) is 18.7. The highest BCUT2D eigenvalue weighted by Gasteiger charge is 2.36. The molecular weight excluding hydrogens is 418 g/mol. The van der Waals surface area contributed by atoms with E-state index in [1.54, 1.807) is 24.8 Å². The summed E-state index contributed by atoms with van der Waals surface area (Å²) in [4.78, 5) is 38.6. The Kier molecular flexibility index (Phi) is 6.24. The van der Waals surface area contributed by atoms with Crippen LogP contribution in [0, 0.1) is 5.92 Å². The fourth-order valence-corrected chi connectivity index (χ4v) is 4.65. The highest BCUT2D eigenvalue weighted by molar-refractivity contribution is 5.91.